The minimum Gasteiger partial charge on any atom is -0.476 e. The van der Waals surface area contributed by atoms with Crippen molar-refractivity contribution in [2.24, 2.45) is 0 Å². The predicted octanol–water partition coefficient (Wildman–Crippen LogP) is 0.706. The fraction of sp³-hybridized carbons (Fsp3) is 0.500. The normalized spacial score (nSPS) is 20.4. The van der Waals surface area contributed by atoms with Crippen molar-refractivity contribution in [2.45, 2.75) is 31.7 Å². The number of aromatic nitrogens is 5. The van der Waals surface area contributed by atoms with Crippen LogP contribution in [0.3, 0.4) is 0 Å². The molecule has 8 nitrogen and oxygen atoms in total. The summed E-state index contributed by atoms with van der Waals surface area (Å²) in [6.07, 6.45) is 7.27. The van der Waals surface area contributed by atoms with Crippen LogP contribution in [0.15, 0.2) is 12.5 Å². The molecule has 1 atom stereocenters. The van der Waals surface area contributed by atoms with E-state index in [0.717, 1.165) is 44.6 Å². The number of rotatable bonds is 3. The van der Waals surface area contributed by atoms with E-state index < -0.39 is 5.97 Å². The molecule has 2 aliphatic rings. The van der Waals surface area contributed by atoms with Gasteiger partial charge in [0.05, 0.1) is 12.2 Å². The summed E-state index contributed by atoms with van der Waals surface area (Å²) in [5, 5.41) is 16.6. The molecule has 0 spiro atoms. The maximum Gasteiger partial charge on any atom is 0.358 e. The summed E-state index contributed by atoms with van der Waals surface area (Å²) in [7, 11) is 0. The largest absolute Gasteiger partial charge is 0.476 e. The molecule has 0 saturated carbocycles. The Hall–Kier alpha value is -2.51. The smallest absolute Gasteiger partial charge is 0.358 e. The summed E-state index contributed by atoms with van der Waals surface area (Å²) < 4.78 is 1.66. The zero-order valence-electron chi connectivity index (χ0n) is 12.0. The fourth-order valence-electron chi connectivity index (χ4n) is 3.32. The van der Waals surface area contributed by atoms with Gasteiger partial charge >= 0.3 is 5.97 Å². The topological polar surface area (TPSA) is 97.0 Å². The highest BCUT2D eigenvalue weighted by Gasteiger charge is 2.29. The molecule has 2 aromatic heterocycles. The first-order valence-corrected chi connectivity index (χ1v) is 7.45. The molecular formula is C14H16N6O2. The first-order valence-electron chi connectivity index (χ1n) is 7.45. The minimum atomic E-state index is -1.05. The Kier molecular flexibility index (Phi) is 3.02. The molecule has 22 heavy (non-hydrogen) atoms. The molecule has 8 heteroatoms. The lowest BCUT2D eigenvalue weighted by Gasteiger charge is -2.20. The highest BCUT2D eigenvalue weighted by atomic mass is 16.4. The van der Waals surface area contributed by atoms with Gasteiger partial charge in [-0.25, -0.2) is 19.4 Å². The molecule has 0 bridgehead atoms. The molecule has 0 radical (unpaired) electrons. The van der Waals surface area contributed by atoms with Crippen LogP contribution in [0.5, 0.6) is 0 Å². The maximum atomic E-state index is 10.9. The van der Waals surface area contributed by atoms with E-state index in [1.54, 1.807) is 11.0 Å². The molecule has 0 aromatic carbocycles. The number of nitrogens with zero attached hydrogens (tertiary/aromatic N) is 6. The summed E-state index contributed by atoms with van der Waals surface area (Å²) in [4.78, 5) is 22.0. The molecule has 1 N–H and O–H groups in total. The van der Waals surface area contributed by atoms with E-state index in [1.165, 1.54) is 17.5 Å². The number of hydrogen-bond acceptors (Lipinski definition) is 6. The van der Waals surface area contributed by atoms with Crippen LogP contribution in [-0.2, 0) is 12.8 Å². The standard InChI is InChI=1S/C14H16N6O2/c21-14(22)12-7-20(18-17-12)9-4-5-19(6-9)13-10-2-1-3-11(10)15-8-16-13/h7-9H,1-6H2,(H,21,22). The van der Waals surface area contributed by atoms with Crippen molar-refractivity contribution in [1.29, 1.82) is 0 Å². The van der Waals surface area contributed by atoms with Crippen molar-refractivity contribution >= 4 is 11.8 Å². The fourth-order valence-corrected chi connectivity index (χ4v) is 3.32. The van der Waals surface area contributed by atoms with E-state index in [-0.39, 0.29) is 11.7 Å². The molecule has 1 aliphatic heterocycles. The van der Waals surface area contributed by atoms with Crippen molar-refractivity contribution in [3.05, 3.63) is 29.5 Å². The number of carbonyl (C=O) groups is 1. The highest BCUT2D eigenvalue weighted by molar-refractivity contribution is 5.84. The van der Waals surface area contributed by atoms with Crippen molar-refractivity contribution in [2.75, 3.05) is 18.0 Å². The Morgan fingerprint density at radius 3 is 3.05 bits per heavy atom. The van der Waals surface area contributed by atoms with Gasteiger partial charge < -0.3 is 10.0 Å². The van der Waals surface area contributed by atoms with Crippen LogP contribution in [-0.4, -0.2) is 49.1 Å². The summed E-state index contributed by atoms with van der Waals surface area (Å²) in [5.41, 5.74) is 2.43. The van der Waals surface area contributed by atoms with Crippen LogP contribution in [0.2, 0.25) is 0 Å². The molecule has 1 unspecified atom stereocenters. The third kappa shape index (κ3) is 2.11. The van der Waals surface area contributed by atoms with Gasteiger partial charge in [-0.1, -0.05) is 5.21 Å². The second-order valence-corrected chi connectivity index (χ2v) is 5.75. The van der Waals surface area contributed by atoms with Crippen LogP contribution < -0.4 is 4.90 Å². The second kappa shape index (κ2) is 5.04. The van der Waals surface area contributed by atoms with Crippen molar-refractivity contribution in [3.8, 4) is 0 Å². The average molecular weight is 300 g/mol. The Balaban J connectivity index is 1.55. The molecular weight excluding hydrogens is 284 g/mol. The zero-order chi connectivity index (χ0) is 15.1. The Bertz CT molecular complexity index is 728. The summed E-state index contributed by atoms with van der Waals surface area (Å²) >= 11 is 0. The predicted molar refractivity (Wildman–Crippen MR) is 76.9 cm³/mol. The third-order valence-electron chi connectivity index (χ3n) is 4.42. The van der Waals surface area contributed by atoms with Gasteiger partial charge in [-0.2, -0.15) is 0 Å². The van der Waals surface area contributed by atoms with E-state index >= 15 is 0 Å². The lowest BCUT2D eigenvalue weighted by molar-refractivity contribution is 0.0690. The first-order chi connectivity index (χ1) is 10.7. The molecule has 2 aromatic rings. The number of anilines is 1. The Morgan fingerprint density at radius 1 is 1.32 bits per heavy atom. The van der Waals surface area contributed by atoms with Gasteiger partial charge in [0.25, 0.3) is 0 Å². The van der Waals surface area contributed by atoms with Gasteiger partial charge in [-0.05, 0) is 25.7 Å². The Labute approximate surface area is 126 Å². The second-order valence-electron chi connectivity index (χ2n) is 5.75. The Morgan fingerprint density at radius 2 is 2.23 bits per heavy atom. The van der Waals surface area contributed by atoms with E-state index in [4.69, 9.17) is 5.11 Å². The van der Waals surface area contributed by atoms with Gasteiger partial charge in [-0.15, -0.1) is 5.10 Å². The molecule has 0 amide bonds. The van der Waals surface area contributed by atoms with E-state index in [0.29, 0.717) is 0 Å². The first kappa shape index (κ1) is 13.2. The highest BCUT2D eigenvalue weighted by Crippen LogP contribution is 2.32. The monoisotopic (exact) mass is 300 g/mol. The van der Waals surface area contributed by atoms with Crippen molar-refractivity contribution in [3.63, 3.8) is 0 Å². The third-order valence-corrected chi connectivity index (χ3v) is 4.42. The van der Waals surface area contributed by atoms with Crippen LogP contribution >= 0.6 is 0 Å². The van der Waals surface area contributed by atoms with Crippen molar-refractivity contribution < 1.29 is 9.90 Å². The molecule has 4 rings (SSSR count). The SMILES string of the molecule is O=C(O)c1cn(C2CCN(c3ncnc4c3CCC4)C2)nn1. The number of fused-ring (bicyclic) bond motifs is 1. The van der Waals surface area contributed by atoms with E-state index in [9.17, 15) is 4.79 Å². The van der Waals surface area contributed by atoms with Crippen LogP contribution in [0.4, 0.5) is 5.82 Å². The van der Waals surface area contributed by atoms with Gasteiger partial charge in [0, 0.05) is 24.3 Å². The molecule has 1 aliphatic carbocycles. The maximum absolute atomic E-state index is 10.9. The molecule has 3 heterocycles. The lowest BCUT2D eigenvalue weighted by atomic mass is 10.2. The lowest BCUT2D eigenvalue weighted by Crippen LogP contribution is -2.23. The van der Waals surface area contributed by atoms with Gasteiger partial charge in [0.1, 0.15) is 12.1 Å². The number of carboxylic acids is 1. The van der Waals surface area contributed by atoms with Crippen molar-refractivity contribution in [1.82, 2.24) is 25.0 Å². The quantitative estimate of drug-likeness (QED) is 0.891. The number of carboxylic acid groups (broad SMARTS) is 1. The average Bonchev–Trinajstić information content (AvgIpc) is 3.25. The van der Waals surface area contributed by atoms with Gasteiger partial charge in [0.15, 0.2) is 5.69 Å². The van der Waals surface area contributed by atoms with E-state index in [2.05, 4.69) is 25.2 Å². The van der Waals surface area contributed by atoms with Gasteiger partial charge in [0.2, 0.25) is 0 Å². The van der Waals surface area contributed by atoms with Crippen LogP contribution in [0, 0.1) is 0 Å². The number of aryl methyl sites for hydroxylation is 1. The molecule has 1 fully saturated rings. The van der Waals surface area contributed by atoms with E-state index in [1.807, 2.05) is 0 Å². The molecule has 114 valence electrons. The summed E-state index contributed by atoms with van der Waals surface area (Å²) in [6, 6.07) is 0.132. The minimum absolute atomic E-state index is 0.0126. The molecule has 1 saturated heterocycles. The zero-order valence-corrected chi connectivity index (χ0v) is 12.0. The van der Waals surface area contributed by atoms with Gasteiger partial charge in [-0.3, -0.25) is 0 Å². The number of hydrogen-bond donors (Lipinski definition) is 1. The summed E-state index contributed by atoms with van der Waals surface area (Å²) in [6.45, 7) is 1.66. The van der Waals surface area contributed by atoms with Crippen LogP contribution in [0.1, 0.15) is 40.6 Å². The summed E-state index contributed by atoms with van der Waals surface area (Å²) in [5.74, 6) is -0.0155. The van der Waals surface area contributed by atoms with Crippen LogP contribution in [0.25, 0.3) is 0 Å². The number of aromatic carboxylic acids is 1.